The Bertz CT molecular complexity index is 278. The Morgan fingerprint density at radius 1 is 1.35 bits per heavy atom. The van der Waals surface area contributed by atoms with Crippen molar-refractivity contribution in [3.63, 3.8) is 0 Å². The Balaban J connectivity index is 0.00000256. The van der Waals surface area contributed by atoms with Crippen LogP contribution in [0.2, 0.25) is 0 Å². The topological polar surface area (TPSA) is 98.6 Å². The Morgan fingerprint density at radius 2 is 1.82 bits per heavy atom. The van der Waals surface area contributed by atoms with Crippen LogP contribution in [0.15, 0.2) is 0 Å². The molecule has 1 saturated heterocycles. The van der Waals surface area contributed by atoms with Crippen molar-refractivity contribution in [2.24, 2.45) is 11.5 Å². The van der Waals surface area contributed by atoms with E-state index in [1.807, 2.05) is 13.8 Å². The maximum Gasteiger partial charge on any atom is 0.240 e. The van der Waals surface area contributed by atoms with E-state index in [1.165, 1.54) is 0 Å². The number of rotatable bonds is 3. The zero-order valence-electron chi connectivity index (χ0n) is 10.1. The first kappa shape index (κ1) is 16.1. The molecule has 4 N–H and O–H groups in total. The van der Waals surface area contributed by atoms with Crippen LogP contribution < -0.4 is 11.5 Å². The second-order valence-electron chi connectivity index (χ2n) is 4.28. The van der Waals surface area contributed by atoms with Crippen LogP contribution in [0, 0.1) is 0 Å². The third-order valence-corrected chi connectivity index (χ3v) is 2.47. The molecule has 1 rings (SSSR count). The molecule has 6 nitrogen and oxygen atoms in total. The maximum atomic E-state index is 11.9. The highest BCUT2D eigenvalue weighted by atomic mass is 35.5. The van der Waals surface area contributed by atoms with Crippen molar-refractivity contribution in [1.82, 2.24) is 4.90 Å². The van der Waals surface area contributed by atoms with Crippen LogP contribution in [0.5, 0.6) is 0 Å². The highest BCUT2D eigenvalue weighted by Gasteiger charge is 2.29. The van der Waals surface area contributed by atoms with Crippen molar-refractivity contribution < 1.29 is 14.3 Å². The number of hydrogen-bond acceptors (Lipinski definition) is 4. The number of ether oxygens (including phenoxy) is 1. The van der Waals surface area contributed by atoms with Gasteiger partial charge in [-0.3, -0.25) is 9.59 Å². The van der Waals surface area contributed by atoms with E-state index >= 15 is 0 Å². The summed E-state index contributed by atoms with van der Waals surface area (Å²) in [5.74, 6) is -0.795. The summed E-state index contributed by atoms with van der Waals surface area (Å²) >= 11 is 0. The molecule has 3 unspecified atom stereocenters. The average Bonchev–Trinajstić information content (AvgIpc) is 2.13. The van der Waals surface area contributed by atoms with Gasteiger partial charge in [0.15, 0.2) is 0 Å². The second-order valence-corrected chi connectivity index (χ2v) is 4.28. The number of hydrogen-bond donors (Lipinski definition) is 2. The summed E-state index contributed by atoms with van der Waals surface area (Å²) < 4.78 is 5.50. The fourth-order valence-corrected chi connectivity index (χ4v) is 1.90. The second kappa shape index (κ2) is 6.78. The minimum absolute atomic E-state index is 0. The van der Waals surface area contributed by atoms with E-state index in [0.29, 0.717) is 13.1 Å². The number of amides is 2. The van der Waals surface area contributed by atoms with Gasteiger partial charge in [0.1, 0.15) is 0 Å². The molecule has 1 aliphatic rings. The van der Waals surface area contributed by atoms with Gasteiger partial charge in [-0.25, -0.2) is 0 Å². The summed E-state index contributed by atoms with van der Waals surface area (Å²) in [6.07, 6.45) is -0.124. The van der Waals surface area contributed by atoms with Crippen LogP contribution in [0.3, 0.4) is 0 Å². The fraction of sp³-hybridized carbons (Fsp3) is 0.800. The number of carbonyl (C=O) groups is 2. The lowest BCUT2D eigenvalue weighted by atomic mass is 10.1. The largest absolute Gasteiger partial charge is 0.372 e. The van der Waals surface area contributed by atoms with Gasteiger partial charge in [0, 0.05) is 13.1 Å². The van der Waals surface area contributed by atoms with Gasteiger partial charge in [-0.05, 0) is 13.8 Å². The van der Waals surface area contributed by atoms with Crippen molar-refractivity contribution in [3.05, 3.63) is 0 Å². The molecule has 1 heterocycles. The molecule has 0 aromatic rings. The van der Waals surface area contributed by atoms with Gasteiger partial charge in [0.05, 0.1) is 24.7 Å². The van der Waals surface area contributed by atoms with Gasteiger partial charge in [-0.15, -0.1) is 12.4 Å². The van der Waals surface area contributed by atoms with Crippen LogP contribution in [0.4, 0.5) is 0 Å². The van der Waals surface area contributed by atoms with Crippen LogP contribution in [0.1, 0.15) is 20.3 Å². The predicted molar refractivity (Wildman–Crippen MR) is 65.6 cm³/mol. The normalized spacial score (nSPS) is 25.9. The molecular formula is C10H20ClN3O3. The molecule has 0 saturated carbocycles. The van der Waals surface area contributed by atoms with Crippen molar-refractivity contribution in [2.45, 2.75) is 38.5 Å². The SMILES string of the molecule is CC1CN(C(=O)C(N)CC(N)=O)CC(C)O1.Cl. The molecule has 0 aromatic heterocycles. The van der Waals surface area contributed by atoms with Gasteiger partial charge in [0.25, 0.3) is 0 Å². The van der Waals surface area contributed by atoms with Gasteiger partial charge in [0.2, 0.25) is 11.8 Å². The Morgan fingerprint density at radius 3 is 2.24 bits per heavy atom. The molecular weight excluding hydrogens is 246 g/mol. The number of nitrogens with two attached hydrogens (primary N) is 2. The van der Waals surface area contributed by atoms with Crippen molar-refractivity contribution >= 4 is 24.2 Å². The molecule has 0 spiro atoms. The number of nitrogens with zero attached hydrogens (tertiary/aromatic N) is 1. The Kier molecular flexibility index (Phi) is 6.44. The number of halogens is 1. The first-order valence-electron chi connectivity index (χ1n) is 5.38. The first-order valence-corrected chi connectivity index (χ1v) is 5.38. The Hall–Kier alpha value is -0.850. The lowest BCUT2D eigenvalue weighted by Crippen LogP contribution is -2.53. The van der Waals surface area contributed by atoms with E-state index in [4.69, 9.17) is 16.2 Å². The molecule has 1 fully saturated rings. The summed E-state index contributed by atoms with van der Waals surface area (Å²) in [5.41, 5.74) is 10.6. The molecule has 0 aliphatic carbocycles. The van der Waals surface area contributed by atoms with E-state index in [9.17, 15) is 9.59 Å². The predicted octanol–water partition coefficient (Wildman–Crippen LogP) is -0.753. The van der Waals surface area contributed by atoms with E-state index in [-0.39, 0.29) is 36.9 Å². The van der Waals surface area contributed by atoms with E-state index < -0.39 is 11.9 Å². The van der Waals surface area contributed by atoms with E-state index in [1.54, 1.807) is 4.90 Å². The molecule has 0 radical (unpaired) electrons. The highest BCUT2D eigenvalue weighted by Crippen LogP contribution is 2.11. The summed E-state index contributed by atoms with van der Waals surface area (Å²) in [6, 6.07) is -0.838. The zero-order chi connectivity index (χ0) is 12.3. The Labute approximate surface area is 107 Å². The van der Waals surface area contributed by atoms with Gasteiger partial charge < -0.3 is 21.1 Å². The number of carbonyl (C=O) groups excluding carboxylic acids is 2. The smallest absolute Gasteiger partial charge is 0.240 e. The summed E-state index contributed by atoms with van der Waals surface area (Å²) in [5, 5.41) is 0. The minimum atomic E-state index is -0.838. The molecule has 7 heteroatoms. The third-order valence-electron chi connectivity index (χ3n) is 2.47. The lowest BCUT2D eigenvalue weighted by Gasteiger charge is -2.36. The number of primary amides is 1. The molecule has 0 aromatic carbocycles. The lowest BCUT2D eigenvalue weighted by molar-refractivity contribution is -0.145. The van der Waals surface area contributed by atoms with Crippen LogP contribution in [-0.4, -0.2) is 48.1 Å². The molecule has 3 atom stereocenters. The fourth-order valence-electron chi connectivity index (χ4n) is 1.90. The molecule has 1 aliphatic heterocycles. The van der Waals surface area contributed by atoms with Gasteiger partial charge in [-0.1, -0.05) is 0 Å². The molecule has 2 amide bonds. The zero-order valence-corrected chi connectivity index (χ0v) is 10.9. The van der Waals surface area contributed by atoms with Crippen LogP contribution >= 0.6 is 12.4 Å². The first-order chi connectivity index (χ1) is 7.40. The molecule has 0 bridgehead atoms. The molecule has 17 heavy (non-hydrogen) atoms. The van der Waals surface area contributed by atoms with E-state index in [2.05, 4.69) is 0 Å². The molecule has 100 valence electrons. The highest BCUT2D eigenvalue weighted by molar-refractivity contribution is 5.87. The van der Waals surface area contributed by atoms with E-state index in [0.717, 1.165) is 0 Å². The van der Waals surface area contributed by atoms with Gasteiger partial charge >= 0.3 is 0 Å². The van der Waals surface area contributed by atoms with Crippen molar-refractivity contribution in [1.29, 1.82) is 0 Å². The standard InChI is InChI=1S/C10H19N3O3.ClH/c1-6-4-13(5-7(2)16-6)10(15)8(11)3-9(12)14;/h6-8H,3-5,11H2,1-2H3,(H2,12,14);1H. The summed E-state index contributed by atoms with van der Waals surface area (Å²) in [7, 11) is 0. The summed E-state index contributed by atoms with van der Waals surface area (Å²) in [4.78, 5) is 24.2. The van der Waals surface area contributed by atoms with Crippen molar-refractivity contribution in [3.8, 4) is 0 Å². The third kappa shape index (κ3) is 4.89. The van der Waals surface area contributed by atoms with Gasteiger partial charge in [-0.2, -0.15) is 0 Å². The maximum absolute atomic E-state index is 11.9. The monoisotopic (exact) mass is 265 g/mol. The van der Waals surface area contributed by atoms with Crippen LogP contribution in [0.25, 0.3) is 0 Å². The quantitative estimate of drug-likeness (QED) is 0.701. The summed E-state index contributed by atoms with van der Waals surface area (Å²) in [6.45, 7) is 4.82. The van der Waals surface area contributed by atoms with Crippen molar-refractivity contribution in [2.75, 3.05) is 13.1 Å². The average molecular weight is 266 g/mol. The minimum Gasteiger partial charge on any atom is -0.372 e. The van der Waals surface area contributed by atoms with Crippen LogP contribution in [-0.2, 0) is 14.3 Å². The number of morpholine rings is 1.